The standard InChI is InChI=1S/C27H34N4O9S2/c1-14(2)7-9-37-25(36)27-16(11-19(33)40-27)12-42-24-21(23(35)31(24)27)29-22(34)20(17-13-41-15(3)28-17)30-38-10-8-18(32)39-26(4,5)6/h7,13,16,21,24H,8-12H2,1-6H3,(H,29,34)/b30-20-/t16-,21+,24+,27+/m0/s1. The van der Waals surface area contributed by atoms with Crippen LogP contribution in [0.4, 0.5) is 0 Å². The van der Waals surface area contributed by atoms with E-state index in [0.717, 1.165) is 5.57 Å². The molecule has 0 spiro atoms. The van der Waals surface area contributed by atoms with Gasteiger partial charge in [-0.2, -0.15) is 0 Å². The molecular formula is C27H34N4O9S2. The number of β-lactam (4-membered cyclic amide) rings is 1. The Hall–Kier alpha value is -3.46. The number of esters is 3. The van der Waals surface area contributed by atoms with E-state index in [1.807, 2.05) is 13.8 Å². The molecule has 1 aromatic rings. The second kappa shape index (κ2) is 12.4. The molecule has 4 heterocycles. The first-order chi connectivity index (χ1) is 19.7. The molecule has 2 amide bonds. The van der Waals surface area contributed by atoms with E-state index in [4.69, 9.17) is 19.0 Å². The van der Waals surface area contributed by atoms with Crippen LogP contribution in [-0.4, -0.2) is 87.0 Å². The van der Waals surface area contributed by atoms with Crippen LogP contribution < -0.4 is 5.32 Å². The molecule has 1 aromatic heterocycles. The third kappa shape index (κ3) is 6.61. The highest BCUT2D eigenvalue weighted by Crippen LogP contribution is 2.51. The molecule has 13 nitrogen and oxygen atoms in total. The van der Waals surface area contributed by atoms with E-state index >= 15 is 0 Å². The van der Waals surface area contributed by atoms with Gasteiger partial charge in [0.1, 0.15) is 35.9 Å². The molecule has 0 radical (unpaired) electrons. The van der Waals surface area contributed by atoms with E-state index in [9.17, 15) is 24.0 Å². The predicted molar refractivity (Wildman–Crippen MR) is 152 cm³/mol. The van der Waals surface area contributed by atoms with Gasteiger partial charge in [0.2, 0.25) is 0 Å². The molecule has 0 bridgehead atoms. The Balaban J connectivity index is 1.48. The predicted octanol–water partition coefficient (Wildman–Crippen LogP) is 2.07. The summed E-state index contributed by atoms with van der Waals surface area (Å²) in [6.45, 7) is 10.5. The molecule has 0 saturated carbocycles. The number of amides is 2. The van der Waals surface area contributed by atoms with E-state index in [1.54, 1.807) is 39.2 Å². The van der Waals surface area contributed by atoms with E-state index in [1.165, 1.54) is 28.0 Å². The Morgan fingerprint density at radius 1 is 1.29 bits per heavy atom. The van der Waals surface area contributed by atoms with Gasteiger partial charge in [0.25, 0.3) is 17.5 Å². The number of carbonyl (C=O) groups excluding carboxylic acids is 5. The first-order valence-corrected chi connectivity index (χ1v) is 15.3. The minimum absolute atomic E-state index is 0.0289. The summed E-state index contributed by atoms with van der Waals surface area (Å²) in [7, 11) is 0. The normalized spacial score (nSPS) is 25.0. The maximum atomic E-state index is 13.4. The third-order valence-electron chi connectivity index (χ3n) is 6.44. The Morgan fingerprint density at radius 2 is 2.02 bits per heavy atom. The van der Waals surface area contributed by atoms with Crippen molar-refractivity contribution in [2.24, 2.45) is 11.1 Å². The second-order valence-electron chi connectivity index (χ2n) is 11.2. The summed E-state index contributed by atoms with van der Waals surface area (Å²) in [5, 5.41) is 8.21. The van der Waals surface area contributed by atoms with Crippen LogP contribution in [0.25, 0.3) is 0 Å². The largest absolute Gasteiger partial charge is 0.460 e. The highest BCUT2D eigenvalue weighted by atomic mass is 32.2. The smallest absolute Gasteiger partial charge is 0.373 e. The average Bonchev–Trinajstić information content (AvgIpc) is 3.47. The molecule has 3 saturated heterocycles. The van der Waals surface area contributed by atoms with Gasteiger partial charge in [0, 0.05) is 17.1 Å². The van der Waals surface area contributed by atoms with Crippen LogP contribution in [0, 0.1) is 12.8 Å². The zero-order valence-electron chi connectivity index (χ0n) is 24.3. The SMILES string of the molecule is CC(C)=CCOC(=O)[C@]12OC(=O)C[C@H]1CS[C@@H]1[C@H](NC(=O)/C(=N\OCCC(=O)OC(C)(C)C)c3csc(C)n3)C(=O)N12. The first kappa shape index (κ1) is 31.5. The zero-order valence-corrected chi connectivity index (χ0v) is 25.9. The lowest BCUT2D eigenvalue weighted by molar-refractivity contribution is -0.218. The van der Waals surface area contributed by atoms with Gasteiger partial charge in [0.15, 0.2) is 5.71 Å². The van der Waals surface area contributed by atoms with Crippen molar-refractivity contribution < 1.29 is 43.0 Å². The molecule has 3 aliphatic heterocycles. The van der Waals surface area contributed by atoms with Gasteiger partial charge in [-0.25, -0.2) is 9.78 Å². The van der Waals surface area contributed by atoms with Crippen molar-refractivity contribution in [2.45, 2.75) is 77.1 Å². The van der Waals surface area contributed by atoms with Gasteiger partial charge in [0.05, 0.1) is 17.8 Å². The molecular weight excluding hydrogens is 588 g/mol. The number of ether oxygens (including phenoxy) is 3. The molecule has 42 heavy (non-hydrogen) atoms. The molecule has 1 N–H and O–H groups in total. The number of aromatic nitrogens is 1. The first-order valence-electron chi connectivity index (χ1n) is 13.4. The van der Waals surface area contributed by atoms with Crippen LogP contribution in [0.3, 0.4) is 0 Å². The van der Waals surface area contributed by atoms with E-state index in [0.29, 0.717) is 10.8 Å². The van der Waals surface area contributed by atoms with Gasteiger partial charge < -0.3 is 24.4 Å². The van der Waals surface area contributed by atoms with Crippen LogP contribution >= 0.6 is 23.1 Å². The molecule has 0 unspecified atom stereocenters. The molecule has 3 aliphatic rings. The molecule has 228 valence electrons. The van der Waals surface area contributed by atoms with Gasteiger partial charge >= 0.3 is 17.9 Å². The number of thiazole rings is 1. The maximum Gasteiger partial charge on any atom is 0.373 e. The second-order valence-corrected chi connectivity index (χ2v) is 13.4. The van der Waals surface area contributed by atoms with E-state index < -0.39 is 58.4 Å². The quantitative estimate of drug-likeness (QED) is 0.0773. The molecule has 4 atom stereocenters. The van der Waals surface area contributed by atoms with Crippen molar-refractivity contribution in [2.75, 3.05) is 19.0 Å². The Kier molecular flexibility index (Phi) is 9.30. The summed E-state index contributed by atoms with van der Waals surface area (Å²) < 4.78 is 16.2. The van der Waals surface area contributed by atoms with Crippen molar-refractivity contribution in [3.05, 3.63) is 27.7 Å². The van der Waals surface area contributed by atoms with Crippen molar-refractivity contribution in [3.8, 4) is 0 Å². The fourth-order valence-electron chi connectivity index (χ4n) is 4.60. The fraction of sp³-hybridized carbons (Fsp3) is 0.593. The topological polar surface area (TPSA) is 163 Å². The van der Waals surface area contributed by atoms with Gasteiger partial charge in [-0.15, -0.1) is 23.1 Å². The van der Waals surface area contributed by atoms with Crippen LogP contribution in [-0.2, 0) is 43.0 Å². The molecule has 3 fully saturated rings. The number of thioether (sulfide) groups is 1. The Morgan fingerprint density at radius 3 is 2.67 bits per heavy atom. The van der Waals surface area contributed by atoms with Crippen molar-refractivity contribution >= 4 is 58.5 Å². The van der Waals surface area contributed by atoms with E-state index in [2.05, 4.69) is 15.5 Å². The third-order valence-corrected chi connectivity index (χ3v) is 8.63. The highest BCUT2D eigenvalue weighted by Gasteiger charge is 2.71. The summed E-state index contributed by atoms with van der Waals surface area (Å²) in [4.78, 5) is 75.1. The van der Waals surface area contributed by atoms with Gasteiger partial charge in [-0.05, 0) is 47.6 Å². The van der Waals surface area contributed by atoms with Gasteiger partial charge in [-0.1, -0.05) is 10.7 Å². The molecule has 4 rings (SSSR count). The summed E-state index contributed by atoms with van der Waals surface area (Å²) in [6.07, 6.45) is 1.58. The number of hydrogen-bond acceptors (Lipinski definition) is 13. The van der Waals surface area contributed by atoms with Crippen LogP contribution in [0.1, 0.15) is 58.2 Å². The maximum absolute atomic E-state index is 13.4. The number of hydrogen-bond donors (Lipinski definition) is 1. The number of allylic oxidation sites excluding steroid dienone is 1. The zero-order chi connectivity index (χ0) is 30.8. The fourth-order valence-corrected chi connectivity index (χ4v) is 6.76. The van der Waals surface area contributed by atoms with Crippen LogP contribution in [0.2, 0.25) is 0 Å². The lowest BCUT2D eigenvalue weighted by Gasteiger charge is -2.56. The molecule has 15 heteroatoms. The Labute approximate surface area is 251 Å². The lowest BCUT2D eigenvalue weighted by Crippen LogP contribution is -2.80. The minimum atomic E-state index is -1.88. The summed E-state index contributed by atoms with van der Waals surface area (Å²) in [6, 6.07) is -1.03. The van der Waals surface area contributed by atoms with Crippen LogP contribution in [0.5, 0.6) is 0 Å². The van der Waals surface area contributed by atoms with Crippen LogP contribution in [0.15, 0.2) is 22.2 Å². The summed E-state index contributed by atoms with van der Waals surface area (Å²) in [5.41, 5.74) is -1.55. The highest BCUT2D eigenvalue weighted by molar-refractivity contribution is 8.00. The number of fused-ring (bicyclic) bond motifs is 3. The summed E-state index contributed by atoms with van der Waals surface area (Å²) in [5.74, 6) is -3.48. The number of nitrogens with zero attached hydrogens (tertiary/aromatic N) is 3. The number of nitrogens with one attached hydrogen (secondary N) is 1. The molecule has 0 aromatic carbocycles. The monoisotopic (exact) mass is 622 g/mol. The van der Waals surface area contributed by atoms with Crippen molar-refractivity contribution in [1.82, 2.24) is 15.2 Å². The van der Waals surface area contributed by atoms with Gasteiger partial charge in [-0.3, -0.25) is 24.1 Å². The number of aryl methyl sites for hydroxylation is 1. The average molecular weight is 623 g/mol. The number of rotatable bonds is 10. The molecule has 0 aliphatic carbocycles. The Bertz CT molecular complexity index is 1330. The number of carbonyl (C=O) groups is 5. The number of oxime groups is 1. The van der Waals surface area contributed by atoms with E-state index in [-0.39, 0.29) is 37.5 Å². The lowest BCUT2D eigenvalue weighted by atomic mass is 9.89. The summed E-state index contributed by atoms with van der Waals surface area (Å²) >= 11 is 2.63. The van der Waals surface area contributed by atoms with Crippen molar-refractivity contribution in [1.29, 1.82) is 0 Å². The minimum Gasteiger partial charge on any atom is -0.460 e. The van der Waals surface area contributed by atoms with Crippen molar-refractivity contribution in [3.63, 3.8) is 0 Å².